The van der Waals surface area contributed by atoms with Gasteiger partial charge >= 0.3 is 5.97 Å². The monoisotopic (exact) mass is 321 g/mol. The normalized spacial score (nSPS) is 11.2. The van der Waals surface area contributed by atoms with Gasteiger partial charge in [0.25, 0.3) is 10.0 Å². The fraction of sp³-hybridized carbons (Fsp3) is 0.133. The lowest BCUT2D eigenvalue weighted by Gasteiger charge is -2.12. The number of carboxylic acids is 1. The molecule has 6 nitrogen and oxygen atoms in total. The standard InChI is InChI=1S/C15H15NO5S/c1-9-4-3-5-11(6-9)16-22(20,21)13-8-10(2)7-12(14(13)17)15(18)19/h3-8,16-17H,1-2H3,(H,18,19). The summed E-state index contributed by atoms with van der Waals surface area (Å²) in [5, 5.41) is 19.0. The third-order valence-corrected chi connectivity index (χ3v) is 4.40. The lowest BCUT2D eigenvalue weighted by atomic mass is 10.1. The molecule has 0 spiro atoms. The molecule has 0 aliphatic heterocycles. The first kappa shape index (κ1) is 15.8. The van der Waals surface area contributed by atoms with Gasteiger partial charge in [0.15, 0.2) is 5.75 Å². The predicted molar refractivity (Wildman–Crippen MR) is 81.8 cm³/mol. The maximum absolute atomic E-state index is 12.4. The minimum absolute atomic E-state index is 0.331. The van der Waals surface area contributed by atoms with Crippen LogP contribution in [0.2, 0.25) is 0 Å². The lowest BCUT2D eigenvalue weighted by Crippen LogP contribution is -2.14. The van der Waals surface area contributed by atoms with E-state index < -0.39 is 32.2 Å². The van der Waals surface area contributed by atoms with Crippen LogP contribution in [0.5, 0.6) is 5.75 Å². The highest BCUT2D eigenvalue weighted by atomic mass is 32.2. The van der Waals surface area contributed by atoms with E-state index in [-0.39, 0.29) is 0 Å². The second kappa shape index (κ2) is 5.69. The maximum Gasteiger partial charge on any atom is 0.339 e. The molecule has 0 unspecified atom stereocenters. The number of phenols is 1. The molecule has 0 bridgehead atoms. The molecule has 0 atom stereocenters. The van der Waals surface area contributed by atoms with Crippen LogP contribution in [0, 0.1) is 13.8 Å². The molecule has 0 aliphatic carbocycles. The second-order valence-corrected chi connectivity index (χ2v) is 6.59. The van der Waals surface area contributed by atoms with Crippen LogP contribution in [0.4, 0.5) is 5.69 Å². The van der Waals surface area contributed by atoms with Crippen LogP contribution >= 0.6 is 0 Å². The molecule has 2 rings (SSSR count). The molecule has 7 heteroatoms. The first-order chi connectivity index (χ1) is 10.2. The molecule has 3 N–H and O–H groups in total. The fourth-order valence-electron chi connectivity index (χ4n) is 2.03. The molecule has 0 aromatic heterocycles. The number of rotatable bonds is 4. The average molecular weight is 321 g/mol. The van der Waals surface area contributed by atoms with Crippen molar-refractivity contribution in [2.45, 2.75) is 18.7 Å². The topological polar surface area (TPSA) is 104 Å². The van der Waals surface area contributed by atoms with Crippen molar-refractivity contribution in [2.75, 3.05) is 4.72 Å². The van der Waals surface area contributed by atoms with Crippen LogP contribution in [0.25, 0.3) is 0 Å². The van der Waals surface area contributed by atoms with Crippen molar-refractivity contribution < 1.29 is 23.4 Å². The van der Waals surface area contributed by atoms with Gasteiger partial charge in [0.1, 0.15) is 10.5 Å². The fourth-order valence-corrected chi connectivity index (χ4v) is 3.28. The summed E-state index contributed by atoms with van der Waals surface area (Å²) in [5.74, 6) is -2.17. The van der Waals surface area contributed by atoms with E-state index in [1.165, 1.54) is 12.1 Å². The molecule has 0 fully saturated rings. The Balaban J connectivity index is 2.52. The number of hydrogen-bond acceptors (Lipinski definition) is 4. The van der Waals surface area contributed by atoms with Gasteiger partial charge in [-0.15, -0.1) is 0 Å². The molecule has 2 aromatic rings. The van der Waals surface area contributed by atoms with E-state index in [1.807, 2.05) is 13.0 Å². The number of carboxylic acid groups (broad SMARTS) is 1. The van der Waals surface area contributed by atoms with Crippen molar-refractivity contribution in [1.82, 2.24) is 0 Å². The van der Waals surface area contributed by atoms with Gasteiger partial charge in [-0.3, -0.25) is 4.72 Å². The number of aromatic hydroxyl groups is 1. The highest BCUT2D eigenvalue weighted by Crippen LogP contribution is 2.30. The maximum atomic E-state index is 12.4. The van der Waals surface area contributed by atoms with Gasteiger partial charge in [-0.05, 0) is 49.2 Å². The summed E-state index contributed by atoms with van der Waals surface area (Å²) in [6.07, 6.45) is 0. The predicted octanol–water partition coefficient (Wildman–Crippen LogP) is 2.51. The van der Waals surface area contributed by atoms with Gasteiger partial charge in [-0.25, -0.2) is 13.2 Å². The lowest BCUT2D eigenvalue weighted by molar-refractivity contribution is 0.0693. The molecule has 0 amide bonds. The Morgan fingerprint density at radius 3 is 2.36 bits per heavy atom. The van der Waals surface area contributed by atoms with Gasteiger partial charge in [0.05, 0.1) is 0 Å². The Bertz CT molecular complexity index is 843. The number of sulfonamides is 1. The average Bonchev–Trinajstić information content (AvgIpc) is 2.40. The summed E-state index contributed by atoms with van der Waals surface area (Å²) in [4.78, 5) is 10.6. The zero-order valence-corrected chi connectivity index (χ0v) is 12.8. The summed E-state index contributed by atoms with van der Waals surface area (Å²) in [6.45, 7) is 3.36. The van der Waals surface area contributed by atoms with Crippen LogP contribution in [0.15, 0.2) is 41.3 Å². The van der Waals surface area contributed by atoms with Crippen molar-refractivity contribution in [3.05, 3.63) is 53.1 Å². The molecule has 0 heterocycles. The van der Waals surface area contributed by atoms with Gasteiger partial charge in [0.2, 0.25) is 0 Å². The SMILES string of the molecule is Cc1cccc(NS(=O)(=O)c2cc(C)cc(C(=O)O)c2O)c1. The van der Waals surface area contributed by atoms with Crippen molar-refractivity contribution in [3.8, 4) is 5.75 Å². The third kappa shape index (κ3) is 3.20. The number of hydrogen-bond donors (Lipinski definition) is 3. The molecule has 2 aromatic carbocycles. The van der Waals surface area contributed by atoms with E-state index in [4.69, 9.17) is 5.11 Å². The van der Waals surface area contributed by atoms with Crippen LogP contribution in [-0.2, 0) is 10.0 Å². The largest absolute Gasteiger partial charge is 0.506 e. The summed E-state index contributed by atoms with van der Waals surface area (Å²) < 4.78 is 27.1. The van der Waals surface area contributed by atoms with E-state index in [9.17, 15) is 18.3 Å². The van der Waals surface area contributed by atoms with E-state index in [2.05, 4.69) is 4.72 Å². The minimum Gasteiger partial charge on any atom is -0.506 e. The van der Waals surface area contributed by atoms with Gasteiger partial charge < -0.3 is 10.2 Å². The van der Waals surface area contributed by atoms with Crippen LogP contribution in [-0.4, -0.2) is 24.6 Å². The van der Waals surface area contributed by atoms with Crippen molar-refractivity contribution in [2.24, 2.45) is 0 Å². The molecular weight excluding hydrogens is 306 g/mol. The molecule has 0 radical (unpaired) electrons. The number of aryl methyl sites for hydroxylation is 2. The number of carbonyl (C=O) groups is 1. The van der Waals surface area contributed by atoms with E-state index in [0.717, 1.165) is 5.56 Å². The first-order valence-electron chi connectivity index (χ1n) is 6.37. The van der Waals surface area contributed by atoms with Crippen molar-refractivity contribution >= 4 is 21.7 Å². The smallest absolute Gasteiger partial charge is 0.339 e. The summed E-state index contributed by atoms with van der Waals surface area (Å²) >= 11 is 0. The Morgan fingerprint density at radius 1 is 1.09 bits per heavy atom. The molecule has 0 aliphatic rings. The van der Waals surface area contributed by atoms with E-state index in [0.29, 0.717) is 11.3 Å². The van der Waals surface area contributed by atoms with Gasteiger partial charge in [-0.2, -0.15) is 0 Å². The summed E-state index contributed by atoms with van der Waals surface area (Å²) in [6, 6.07) is 9.12. The van der Waals surface area contributed by atoms with Crippen molar-refractivity contribution in [1.29, 1.82) is 0 Å². The Labute approximate surface area is 128 Å². The summed E-state index contributed by atoms with van der Waals surface area (Å²) in [5.41, 5.74) is 1.15. The summed E-state index contributed by atoms with van der Waals surface area (Å²) in [7, 11) is -4.10. The van der Waals surface area contributed by atoms with Gasteiger partial charge in [-0.1, -0.05) is 12.1 Å². The van der Waals surface area contributed by atoms with Crippen LogP contribution in [0.3, 0.4) is 0 Å². The number of benzene rings is 2. The number of aromatic carboxylic acids is 1. The van der Waals surface area contributed by atoms with E-state index in [1.54, 1.807) is 25.1 Å². The molecular formula is C15H15NO5S. The molecule has 0 saturated carbocycles. The Kier molecular flexibility index (Phi) is 4.09. The zero-order valence-electron chi connectivity index (χ0n) is 12.0. The highest BCUT2D eigenvalue weighted by Gasteiger charge is 2.24. The third-order valence-electron chi connectivity index (χ3n) is 3.01. The number of nitrogens with one attached hydrogen (secondary N) is 1. The highest BCUT2D eigenvalue weighted by molar-refractivity contribution is 7.92. The molecule has 0 saturated heterocycles. The van der Waals surface area contributed by atoms with E-state index >= 15 is 0 Å². The molecule has 116 valence electrons. The number of anilines is 1. The minimum atomic E-state index is -4.10. The Morgan fingerprint density at radius 2 is 1.77 bits per heavy atom. The Hall–Kier alpha value is -2.54. The second-order valence-electron chi connectivity index (χ2n) is 4.94. The first-order valence-corrected chi connectivity index (χ1v) is 7.85. The van der Waals surface area contributed by atoms with Gasteiger partial charge in [0, 0.05) is 5.69 Å². The van der Waals surface area contributed by atoms with Crippen molar-refractivity contribution in [3.63, 3.8) is 0 Å². The quantitative estimate of drug-likeness (QED) is 0.802. The van der Waals surface area contributed by atoms with Crippen LogP contribution < -0.4 is 4.72 Å². The molecule has 22 heavy (non-hydrogen) atoms. The zero-order chi connectivity index (χ0) is 16.5. The van der Waals surface area contributed by atoms with Crippen LogP contribution in [0.1, 0.15) is 21.5 Å².